The van der Waals surface area contributed by atoms with Gasteiger partial charge in [0.15, 0.2) is 5.82 Å². The topological polar surface area (TPSA) is 106 Å². The Labute approximate surface area is 103 Å². The molecule has 8 nitrogen and oxygen atoms in total. The quantitative estimate of drug-likeness (QED) is 0.761. The molecule has 2 N–H and O–H groups in total. The standard InChI is InChI=1S/C10H12N6O2/c1-6(9-13-15-16-14-9)12-8-5-7(3-4-11-8)10(17)18-2/h3-6H,1-2H3,(H,11,12)(H,13,14,15,16). The highest BCUT2D eigenvalue weighted by Crippen LogP contribution is 2.14. The van der Waals surface area contributed by atoms with E-state index in [4.69, 9.17) is 0 Å². The van der Waals surface area contributed by atoms with Gasteiger partial charge in [-0.3, -0.25) is 0 Å². The monoisotopic (exact) mass is 248 g/mol. The molecule has 0 saturated carbocycles. The number of esters is 1. The van der Waals surface area contributed by atoms with Gasteiger partial charge in [0, 0.05) is 6.20 Å². The molecule has 2 aromatic heterocycles. The highest BCUT2D eigenvalue weighted by molar-refractivity contribution is 5.89. The number of aromatic nitrogens is 5. The maximum atomic E-state index is 11.4. The number of aromatic amines is 1. The fraction of sp³-hybridized carbons (Fsp3) is 0.300. The maximum absolute atomic E-state index is 11.4. The van der Waals surface area contributed by atoms with Crippen LogP contribution in [0.15, 0.2) is 18.3 Å². The van der Waals surface area contributed by atoms with Gasteiger partial charge in [-0.05, 0) is 19.1 Å². The molecule has 0 fully saturated rings. The molecule has 0 bridgehead atoms. The van der Waals surface area contributed by atoms with Crippen molar-refractivity contribution >= 4 is 11.8 Å². The molecule has 1 atom stereocenters. The first-order valence-electron chi connectivity index (χ1n) is 5.25. The van der Waals surface area contributed by atoms with Crippen LogP contribution in [0.2, 0.25) is 0 Å². The number of ether oxygens (including phenoxy) is 1. The largest absolute Gasteiger partial charge is 0.465 e. The SMILES string of the molecule is COC(=O)c1ccnc(NC(C)c2nn[nH]n2)c1. The highest BCUT2D eigenvalue weighted by Gasteiger charge is 2.12. The second-order valence-corrected chi connectivity index (χ2v) is 3.56. The van der Waals surface area contributed by atoms with Gasteiger partial charge in [0.05, 0.1) is 18.7 Å². The number of methoxy groups -OCH3 is 1. The molecule has 0 amide bonds. The van der Waals surface area contributed by atoms with E-state index in [1.165, 1.54) is 13.3 Å². The van der Waals surface area contributed by atoms with Crippen molar-refractivity contribution in [2.24, 2.45) is 0 Å². The van der Waals surface area contributed by atoms with Gasteiger partial charge in [-0.25, -0.2) is 9.78 Å². The van der Waals surface area contributed by atoms with E-state index in [0.717, 1.165) is 0 Å². The molecule has 2 heterocycles. The van der Waals surface area contributed by atoms with Crippen molar-refractivity contribution in [3.8, 4) is 0 Å². The number of H-pyrrole nitrogens is 1. The summed E-state index contributed by atoms with van der Waals surface area (Å²) < 4.78 is 4.63. The zero-order valence-electron chi connectivity index (χ0n) is 9.91. The number of nitrogens with one attached hydrogen (secondary N) is 2. The van der Waals surface area contributed by atoms with Gasteiger partial charge in [-0.1, -0.05) is 5.21 Å². The summed E-state index contributed by atoms with van der Waals surface area (Å²) in [6.45, 7) is 1.86. The minimum atomic E-state index is -0.410. The predicted octanol–water partition coefficient (Wildman–Crippen LogP) is 0.554. The molecule has 2 aromatic rings. The van der Waals surface area contributed by atoms with Crippen LogP contribution in [0.5, 0.6) is 0 Å². The lowest BCUT2D eigenvalue weighted by molar-refractivity contribution is 0.0600. The van der Waals surface area contributed by atoms with Crippen molar-refractivity contribution in [2.75, 3.05) is 12.4 Å². The third-order valence-electron chi connectivity index (χ3n) is 2.29. The first-order valence-corrected chi connectivity index (χ1v) is 5.25. The van der Waals surface area contributed by atoms with Gasteiger partial charge in [0.25, 0.3) is 0 Å². The van der Waals surface area contributed by atoms with Crippen LogP contribution in [0.25, 0.3) is 0 Å². The van der Waals surface area contributed by atoms with E-state index >= 15 is 0 Å². The molecule has 0 saturated heterocycles. The van der Waals surface area contributed by atoms with Crippen LogP contribution in [0.1, 0.15) is 29.1 Å². The average Bonchev–Trinajstić information content (AvgIpc) is 2.92. The lowest BCUT2D eigenvalue weighted by atomic mass is 10.2. The number of carbonyl (C=O) groups excluding carboxylic acids is 1. The van der Waals surface area contributed by atoms with Crippen molar-refractivity contribution in [2.45, 2.75) is 13.0 Å². The molecule has 0 aliphatic heterocycles. The first kappa shape index (κ1) is 12.0. The number of rotatable bonds is 4. The van der Waals surface area contributed by atoms with Crippen molar-refractivity contribution in [1.82, 2.24) is 25.6 Å². The molecule has 2 rings (SSSR count). The Morgan fingerprint density at radius 2 is 2.39 bits per heavy atom. The third kappa shape index (κ3) is 2.59. The van der Waals surface area contributed by atoms with Crippen molar-refractivity contribution in [3.63, 3.8) is 0 Å². The smallest absolute Gasteiger partial charge is 0.338 e. The number of hydrogen-bond donors (Lipinski definition) is 2. The number of tetrazole rings is 1. The van der Waals surface area contributed by atoms with Crippen molar-refractivity contribution in [1.29, 1.82) is 0 Å². The minimum Gasteiger partial charge on any atom is -0.465 e. The van der Waals surface area contributed by atoms with Crippen LogP contribution in [0.4, 0.5) is 5.82 Å². The lowest BCUT2D eigenvalue weighted by Gasteiger charge is -2.10. The lowest BCUT2D eigenvalue weighted by Crippen LogP contribution is -2.11. The Balaban J connectivity index is 2.12. The Morgan fingerprint density at radius 3 is 3.06 bits per heavy atom. The summed E-state index contributed by atoms with van der Waals surface area (Å²) in [5, 5.41) is 16.6. The predicted molar refractivity (Wildman–Crippen MR) is 61.8 cm³/mol. The number of carbonyl (C=O) groups is 1. The second kappa shape index (κ2) is 5.21. The number of nitrogens with zero attached hydrogens (tertiary/aromatic N) is 4. The summed E-state index contributed by atoms with van der Waals surface area (Å²) in [6.07, 6.45) is 1.53. The van der Waals surface area contributed by atoms with Gasteiger partial charge in [0.2, 0.25) is 0 Å². The Kier molecular flexibility index (Phi) is 3.46. The first-order chi connectivity index (χ1) is 8.70. The van der Waals surface area contributed by atoms with E-state index in [9.17, 15) is 4.79 Å². The van der Waals surface area contributed by atoms with Crippen LogP contribution in [-0.4, -0.2) is 38.7 Å². The van der Waals surface area contributed by atoms with Gasteiger partial charge in [-0.15, -0.1) is 10.2 Å². The molecule has 94 valence electrons. The van der Waals surface area contributed by atoms with E-state index < -0.39 is 5.97 Å². The summed E-state index contributed by atoms with van der Waals surface area (Å²) in [7, 11) is 1.33. The summed E-state index contributed by atoms with van der Waals surface area (Å²) >= 11 is 0. The summed E-state index contributed by atoms with van der Waals surface area (Å²) in [4.78, 5) is 15.5. The Hall–Kier alpha value is -2.51. The highest BCUT2D eigenvalue weighted by atomic mass is 16.5. The normalized spacial score (nSPS) is 11.9. The zero-order chi connectivity index (χ0) is 13.0. The average molecular weight is 248 g/mol. The van der Waals surface area contributed by atoms with E-state index in [0.29, 0.717) is 17.2 Å². The summed E-state index contributed by atoms with van der Waals surface area (Å²) in [6, 6.07) is 3.00. The second-order valence-electron chi connectivity index (χ2n) is 3.56. The van der Waals surface area contributed by atoms with E-state index in [2.05, 4.69) is 35.7 Å². The van der Waals surface area contributed by atoms with E-state index in [1.54, 1.807) is 12.1 Å². The van der Waals surface area contributed by atoms with Gasteiger partial charge < -0.3 is 10.1 Å². The molecule has 0 aromatic carbocycles. The van der Waals surface area contributed by atoms with Crippen molar-refractivity contribution < 1.29 is 9.53 Å². The molecule has 0 aliphatic carbocycles. The van der Waals surface area contributed by atoms with Crippen LogP contribution < -0.4 is 5.32 Å². The van der Waals surface area contributed by atoms with E-state index in [-0.39, 0.29) is 6.04 Å². The van der Waals surface area contributed by atoms with E-state index in [1.807, 2.05) is 6.92 Å². The van der Waals surface area contributed by atoms with Crippen LogP contribution in [-0.2, 0) is 4.74 Å². The summed E-state index contributed by atoms with van der Waals surface area (Å²) in [5.41, 5.74) is 0.426. The van der Waals surface area contributed by atoms with Gasteiger partial charge in [-0.2, -0.15) is 5.21 Å². The molecule has 0 radical (unpaired) electrons. The van der Waals surface area contributed by atoms with Crippen LogP contribution in [0, 0.1) is 0 Å². The van der Waals surface area contributed by atoms with Crippen LogP contribution in [0.3, 0.4) is 0 Å². The number of anilines is 1. The fourth-order valence-corrected chi connectivity index (χ4v) is 1.39. The van der Waals surface area contributed by atoms with Crippen LogP contribution >= 0.6 is 0 Å². The molecule has 18 heavy (non-hydrogen) atoms. The molecule has 0 aliphatic rings. The number of hydrogen-bond acceptors (Lipinski definition) is 7. The maximum Gasteiger partial charge on any atom is 0.338 e. The Bertz CT molecular complexity index is 527. The third-order valence-corrected chi connectivity index (χ3v) is 2.29. The molecule has 1 unspecified atom stereocenters. The van der Waals surface area contributed by atoms with Gasteiger partial charge in [0.1, 0.15) is 5.82 Å². The Morgan fingerprint density at radius 1 is 1.56 bits per heavy atom. The number of pyridine rings is 1. The summed E-state index contributed by atoms with van der Waals surface area (Å²) in [5.74, 6) is 0.642. The minimum absolute atomic E-state index is 0.177. The van der Waals surface area contributed by atoms with Crippen molar-refractivity contribution in [3.05, 3.63) is 29.7 Å². The van der Waals surface area contributed by atoms with Gasteiger partial charge >= 0.3 is 5.97 Å². The zero-order valence-corrected chi connectivity index (χ0v) is 9.91. The molecule has 8 heteroatoms. The fourth-order valence-electron chi connectivity index (χ4n) is 1.39. The molecular weight excluding hydrogens is 236 g/mol. The molecular formula is C10H12N6O2. The molecule has 0 spiro atoms.